The Kier molecular flexibility index (Phi) is 3.36. The van der Waals surface area contributed by atoms with Gasteiger partial charge in [-0.25, -0.2) is 9.50 Å². The van der Waals surface area contributed by atoms with Crippen molar-refractivity contribution in [1.82, 2.24) is 14.6 Å². The van der Waals surface area contributed by atoms with Crippen LogP contribution in [0, 0.1) is 0 Å². The number of aromatic nitrogens is 3. The number of ether oxygens (including phenoxy) is 1. The van der Waals surface area contributed by atoms with E-state index in [1.807, 2.05) is 32.0 Å². The van der Waals surface area contributed by atoms with E-state index in [2.05, 4.69) is 10.1 Å². The highest BCUT2D eigenvalue weighted by molar-refractivity contribution is 5.56. The van der Waals surface area contributed by atoms with Gasteiger partial charge in [0.15, 0.2) is 17.2 Å². The summed E-state index contributed by atoms with van der Waals surface area (Å²) in [4.78, 5) is 6.36. The molecule has 0 bridgehead atoms. The molecule has 0 aliphatic rings. The van der Waals surface area contributed by atoms with E-state index in [4.69, 9.17) is 4.74 Å². The van der Waals surface area contributed by atoms with Gasteiger partial charge in [0.25, 0.3) is 0 Å². The van der Waals surface area contributed by atoms with Crippen molar-refractivity contribution >= 4 is 11.5 Å². The van der Waals surface area contributed by atoms with Crippen LogP contribution in [0.5, 0.6) is 5.75 Å². The van der Waals surface area contributed by atoms with Gasteiger partial charge in [0.1, 0.15) is 6.10 Å². The molecule has 2 aromatic rings. The second-order valence-corrected chi connectivity index (χ2v) is 5.37. The second kappa shape index (κ2) is 4.70. The lowest BCUT2D eigenvalue weighted by atomic mass is 10.0. The SMILES string of the molecule is C[C@@H](Oc1cn2nccc2nc1N(C)C)C(C)(C)O. The monoisotopic (exact) mass is 264 g/mol. The van der Waals surface area contributed by atoms with Crippen molar-refractivity contribution in [2.75, 3.05) is 19.0 Å². The van der Waals surface area contributed by atoms with Crippen molar-refractivity contribution in [3.8, 4) is 5.75 Å². The van der Waals surface area contributed by atoms with Gasteiger partial charge in [-0.05, 0) is 20.8 Å². The van der Waals surface area contributed by atoms with Gasteiger partial charge in [0, 0.05) is 20.2 Å². The van der Waals surface area contributed by atoms with Crippen LogP contribution in [0.3, 0.4) is 0 Å². The molecule has 0 unspecified atom stereocenters. The molecule has 6 heteroatoms. The van der Waals surface area contributed by atoms with Gasteiger partial charge >= 0.3 is 0 Å². The molecular weight excluding hydrogens is 244 g/mol. The Morgan fingerprint density at radius 2 is 2.11 bits per heavy atom. The highest BCUT2D eigenvalue weighted by Gasteiger charge is 2.25. The molecule has 0 spiro atoms. The molecular formula is C13H20N4O2. The molecule has 1 N–H and O–H groups in total. The molecule has 0 aromatic carbocycles. The van der Waals surface area contributed by atoms with Gasteiger partial charge in [-0.15, -0.1) is 0 Å². The van der Waals surface area contributed by atoms with Crippen molar-refractivity contribution in [2.45, 2.75) is 32.5 Å². The Morgan fingerprint density at radius 3 is 2.68 bits per heavy atom. The summed E-state index contributed by atoms with van der Waals surface area (Å²) in [6.45, 7) is 5.26. The Labute approximate surface area is 112 Å². The van der Waals surface area contributed by atoms with E-state index in [0.29, 0.717) is 11.6 Å². The maximum Gasteiger partial charge on any atom is 0.180 e. The van der Waals surface area contributed by atoms with Crippen LogP contribution in [-0.2, 0) is 0 Å². The van der Waals surface area contributed by atoms with Crippen LogP contribution in [0.2, 0.25) is 0 Å². The van der Waals surface area contributed by atoms with Crippen molar-refractivity contribution in [2.24, 2.45) is 0 Å². The standard InChI is InChI=1S/C13H20N4O2/c1-9(13(2,3)18)19-10-8-17-11(6-7-14-17)15-12(10)16(4)5/h6-9,18H,1-5H3/t9-/m1/s1. The van der Waals surface area contributed by atoms with Crippen LogP contribution < -0.4 is 9.64 Å². The number of aliphatic hydroxyl groups is 1. The smallest absolute Gasteiger partial charge is 0.180 e. The summed E-state index contributed by atoms with van der Waals surface area (Å²) >= 11 is 0. The number of hydrogen-bond acceptors (Lipinski definition) is 5. The number of nitrogens with zero attached hydrogens (tertiary/aromatic N) is 4. The lowest BCUT2D eigenvalue weighted by molar-refractivity contribution is -0.0242. The first-order valence-corrected chi connectivity index (χ1v) is 6.20. The first-order valence-electron chi connectivity index (χ1n) is 6.20. The summed E-state index contributed by atoms with van der Waals surface area (Å²) in [6.07, 6.45) is 3.10. The predicted octanol–water partition coefficient (Wildman–Crippen LogP) is 1.33. The van der Waals surface area contributed by atoms with E-state index >= 15 is 0 Å². The third-order valence-electron chi connectivity index (χ3n) is 3.05. The maximum atomic E-state index is 9.97. The van der Waals surface area contributed by atoms with Crippen molar-refractivity contribution in [1.29, 1.82) is 0 Å². The molecule has 19 heavy (non-hydrogen) atoms. The predicted molar refractivity (Wildman–Crippen MR) is 73.7 cm³/mol. The molecule has 0 aliphatic carbocycles. The van der Waals surface area contributed by atoms with E-state index in [1.54, 1.807) is 30.8 Å². The molecule has 0 aliphatic heterocycles. The Morgan fingerprint density at radius 1 is 1.42 bits per heavy atom. The number of fused-ring (bicyclic) bond motifs is 1. The summed E-state index contributed by atoms with van der Waals surface area (Å²) in [5, 5.41) is 14.1. The topological polar surface area (TPSA) is 62.9 Å². The average Bonchev–Trinajstić information content (AvgIpc) is 2.73. The molecule has 6 nitrogen and oxygen atoms in total. The summed E-state index contributed by atoms with van der Waals surface area (Å²) in [5.41, 5.74) is -0.171. The van der Waals surface area contributed by atoms with Gasteiger partial charge in [0.2, 0.25) is 0 Å². The highest BCUT2D eigenvalue weighted by Crippen LogP contribution is 2.27. The molecule has 2 aromatic heterocycles. The molecule has 0 saturated carbocycles. The normalized spacial score (nSPS) is 13.6. The lowest BCUT2D eigenvalue weighted by Crippen LogP contribution is -2.38. The fraction of sp³-hybridized carbons (Fsp3) is 0.538. The number of hydrogen-bond donors (Lipinski definition) is 1. The second-order valence-electron chi connectivity index (χ2n) is 5.37. The summed E-state index contributed by atoms with van der Waals surface area (Å²) in [6, 6.07) is 1.83. The van der Waals surface area contributed by atoms with Gasteiger partial charge in [-0.2, -0.15) is 5.10 Å². The fourth-order valence-corrected chi connectivity index (χ4v) is 1.57. The Hall–Kier alpha value is -1.82. The van der Waals surface area contributed by atoms with Gasteiger partial charge in [-0.3, -0.25) is 0 Å². The molecule has 0 saturated heterocycles. The lowest BCUT2D eigenvalue weighted by Gasteiger charge is -2.28. The van der Waals surface area contributed by atoms with Crippen LogP contribution in [-0.4, -0.2) is 45.5 Å². The molecule has 0 amide bonds. The van der Waals surface area contributed by atoms with Gasteiger partial charge in [0.05, 0.1) is 18.0 Å². The molecule has 0 fully saturated rings. The van der Waals surface area contributed by atoms with Crippen molar-refractivity contribution in [3.05, 3.63) is 18.5 Å². The van der Waals surface area contributed by atoms with Crippen LogP contribution in [0.4, 0.5) is 5.82 Å². The maximum absolute atomic E-state index is 9.97. The average molecular weight is 264 g/mol. The summed E-state index contributed by atoms with van der Waals surface area (Å²) in [5.74, 6) is 1.31. The minimum atomic E-state index is -0.928. The van der Waals surface area contributed by atoms with Crippen molar-refractivity contribution in [3.63, 3.8) is 0 Å². The molecule has 0 radical (unpaired) electrons. The first-order chi connectivity index (χ1) is 8.79. The van der Waals surface area contributed by atoms with E-state index in [-0.39, 0.29) is 6.10 Å². The van der Waals surface area contributed by atoms with Crippen LogP contribution in [0.1, 0.15) is 20.8 Å². The zero-order valence-electron chi connectivity index (χ0n) is 12.0. The molecule has 1 atom stereocenters. The summed E-state index contributed by atoms with van der Waals surface area (Å²) in [7, 11) is 3.80. The fourth-order valence-electron chi connectivity index (χ4n) is 1.57. The van der Waals surface area contributed by atoms with Crippen LogP contribution in [0.25, 0.3) is 5.65 Å². The molecule has 2 rings (SSSR count). The van der Waals surface area contributed by atoms with Crippen molar-refractivity contribution < 1.29 is 9.84 Å². The summed E-state index contributed by atoms with van der Waals surface area (Å²) < 4.78 is 7.49. The first kappa shape index (κ1) is 13.6. The highest BCUT2D eigenvalue weighted by atomic mass is 16.5. The number of anilines is 1. The third-order valence-corrected chi connectivity index (χ3v) is 3.05. The van der Waals surface area contributed by atoms with Gasteiger partial charge < -0.3 is 14.7 Å². The third kappa shape index (κ3) is 2.78. The van der Waals surface area contributed by atoms with E-state index < -0.39 is 5.60 Å². The quantitative estimate of drug-likeness (QED) is 0.902. The molecule has 104 valence electrons. The number of rotatable bonds is 4. The zero-order chi connectivity index (χ0) is 14.2. The van der Waals surface area contributed by atoms with Crippen LogP contribution in [0.15, 0.2) is 18.5 Å². The minimum Gasteiger partial charge on any atom is -0.482 e. The molecule has 2 heterocycles. The minimum absolute atomic E-state index is 0.360. The van der Waals surface area contributed by atoms with E-state index in [1.165, 1.54) is 0 Å². The van der Waals surface area contributed by atoms with E-state index in [0.717, 1.165) is 5.65 Å². The Bertz CT molecular complexity index is 572. The van der Waals surface area contributed by atoms with Crippen LogP contribution >= 0.6 is 0 Å². The zero-order valence-corrected chi connectivity index (χ0v) is 12.0. The Balaban J connectivity index is 2.42. The van der Waals surface area contributed by atoms with E-state index in [9.17, 15) is 5.11 Å². The van der Waals surface area contributed by atoms with Gasteiger partial charge in [-0.1, -0.05) is 0 Å². The largest absolute Gasteiger partial charge is 0.482 e.